The molecule has 1 aromatic heterocycles. The van der Waals surface area contributed by atoms with Gasteiger partial charge in [-0.15, -0.1) is 0 Å². The normalized spacial score (nSPS) is 10.7. The number of pyridine rings is 1. The van der Waals surface area contributed by atoms with Crippen LogP contribution in [-0.4, -0.2) is 23.7 Å². The number of fused-ring (bicyclic) bond motifs is 1. The van der Waals surface area contributed by atoms with Crippen molar-refractivity contribution in [3.8, 4) is 5.75 Å². The Kier molecular flexibility index (Phi) is 2.83. The molecule has 1 aromatic carbocycles. The van der Waals surface area contributed by atoms with Gasteiger partial charge in [-0.1, -0.05) is 0 Å². The van der Waals surface area contributed by atoms with Gasteiger partial charge in [-0.3, -0.25) is 4.98 Å². The summed E-state index contributed by atoms with van der Waals surface area (Å²) in [5.74, 6) is 0.299. The van der Waals surface area contributed by atoms with Crippen LogP contribution in [0, 0.1) is 0 Å². The molecule has 0 radical (unpaired) electrons. The highest BCUT2D eigenvalue weighted by atomic mass is 16.3. The van der Waals surface area contributed by atoms with Crippen LogP contribution in [0.4, 0.5) is 0 Å². The first-order valence-electron chi connectivity index (χ1n) is 5.02. The molecule has 0 fully saturated rings. The van der Waals surface area contributed by atoms with Crippen LogP contribution < -0.4 is 5.32 Å². The van der Waals surface area contributed by atoms with Crippen LogP contribution in [0.15, 0.2) is 30.5 Å². The molecule has 0 aliphatic heterocycles. The molecule has 78 valence electrons. The molecular formula is C12H14N2O. The van der Waals surface area contributed by atoms with E-state index in [-0.39, 0.29) is 0 Å². The topological polar surface area (TPSA) is 45.2 Å². The van der Waals surface area contributed by atoms with Gasteiger partial charge in [0.2, 0.25) is 0 Å². The van der Waals surface area contributed by atoms with Crippen LogP contribution in [0.2, 0.25) is 0 Å². The van der Waals surface area contributed by atoms with Crippen LogP contribution in [-0.2, 0) is 6.42 Å². The average Bonchev–Trinajstić information content (AvgIpc) is 2.25. The van der Waals surface area contributed by atoms with Crippen molar-refractivity contribution >= 4 is 10.8 Å². The number of hydrogen-bond acceptors (Lipinski definition) is 3. The SMILES string of the molecule is CNCCc1nccc2cc(O)ccc12. The van der Waals surface area contributed by atoms with E-state index in [1.807, 2.05) is 19.2 Å². The zero-order valence-electron chi connectivity index (χ0n) is 8.70. The maximum absolute atomic E-state index is 9.36. The van der Waals surface area contributed by atoms with Crippen LogP contribution in [0.1, 0.15) is 5.69 Å². The molecule has 3 nitrogen and oxygen atoms in total. The molecule has 2 N–H and O–H groups in total. The number of phenolic OH excluding ortho intramolecular Hbond substituents is 1. The number of likely N-dealkylation sites (N-methyl/N-ethyl adjacent to an activating group) is 1. The van der Waals surface area contributed by atoms with Gasteiger partial charge in [-0.05, 0) is 36.7 Å². The Morgan fingerprint density at radius 2 is 2.20 bits per heavy atom. The third kappa shape index (κ3) is 2.07. The van der Waals surface area contributed by atoms with Gasteiger partial charge >= 0.3 is 0 Å². The van der Waals surface area contributed by atoms with Gasteiger partial charge in [0.05, 0.1) is 0 Å². The minimum atomic E-state index is 0.299. The average molecular weight is 202 g/mol. The minimum Gasteiger partial charge on any atom is -0.508 e. The zero-order chi connectivity index (χ0) is 10.7. The summed E-state index contributed by atoms with van der Waals surface area (Å²) in [7, 11) is 1.93. The fourth-order valence-electron chi connectivity index (χ4n) is 1.67. The van der Waals surface area contributed by atoms with E-state index in [0.717, 1.165) is 29.4 Å². The second kappa shape index (κ2) is 4.28. The first kappa shape index (κ1) is 9.93. The van der Waals surface area contributed by atoms with Gasteiger partial charge in [0.25, 0.3) is 0 Å². The maximum atomic E-state index is 9.36. The molecular weight excluding hydrogens is 188 g/mol. The summed E-state index contributed by atoms with van der Waals surface area (Å²) >= 11 is 0. The van der Waals surface area contributed by atoms with Crippen molar-refractivity contribution in [2.75, 3.05) is 13.6 Å². The first-order chi connectivity index (χ1) is 7.31. The number of nitrogens with one attached hydrogen (secondary N) is 1. The van der Waals surface area contributed by atoms with Crippen molar-refractivity contribution in [3.05, 3.63) is 36.2 Å². The van der Waals surface area contributed by atoms with E-state index >= 15 is 0 Å². The number of rotatable bonds is 3. The van der Waals surface area contributed by atoms with Gasteiger partial charge in [0.1, 0.15) is 5.75 Å². The lowest BCUT2D eigenvalue weighted by atomic mass is 10.1. The fourth-order valence-corrected chi connectivity index (χ4v) is 1.67. The van der Waals surface area contributed by atoms with Crippen LogP contribution in [0.5, 0.6) is 5.75 Å². The molecule has 0 spiro atoms. The molecule has 0 aliphatic carbocycles. The largest absolute Gasteiger partial charge is 0.508 e. The Morgan fingerprint density at radius 3 is 3.00 bits per heavy atom. The number of benzene rings is 1. The number of hydrogen-bond donors (Lipinski definition) is 2. The Morgan fingerprint density at radius 1 is 1.33 bits per heavy atom. The Labute approximate surface area is 88.8 Å². The molecule has 2 aromatic rings. The lowest BCUT2D eigenvalue weighted by molar-refractivity contribution is 0.476. The van der Waals surface area contributed by atoms with Gasteiger partial charge in [0.15, 0.2) is 0 Å². The summed E-state index contributed by atoms with van der Waals surface area (Å²) < 4.78 is 0. The van der Waals surface area contributed by atoms with Crippen molar-refractivity contribution in [2.45, 2.75) is 6.42 Å². The molecule has 15 heavy (non-hydrogen) atoms. The molecule has 0 aliphatic rings. The van der Waals surface area contributed by atoms with E-state index < -0.39 is 0 Å². The Balaban J connectivity index is 2.46. The van der Waals surface area contributed by atoms with Gasteiger partial charge in [-0.2, -0.15) is 0 Å². The number of aromatic hydroxyl groups is 1. The fraction of sp³-hybridized carbons (Fsp3) is 0.250. The van der Waals surface area contributed by atoms with E-state index in [1.165, 1.54) is 0 Å². The maximum Gasteiger partial charge on any atom is 0.116 e. The molecule has 0 unspecified atom stereocenters. The van der Waals surface area contributed by atoms with Crippen molar-refractivity contribution in [1.29, 1.82) is 0 Å². The first-order valence-corrected chi connectivity index (χ1v) is 5.02. The monoisotopic (exact) mass is 202 g/mol. The molecule has 0 amide bonds. The highest BCUT2D eigenvalue weighted by molar-refractivity contribution is 5.85. The number of aromatic nitrogens is 1. The van der Waals surface area contributed by atoms with Crippen molar-refractivity contribution in [3.63, 3.8) is 0 Å². The quantitative estimate of drug-likeness (QED) is 0.796. The zero-order valence-corrected chi connectivity index (χ0v) is 8.70. The predicted molar refractivity (Wildman–Crippen MR) is 61.0 cm³/mol. The lowest BCUT2D eigenvalue weighted by Crippen LogP contribution is -2.11. The number of phenols is 1. The van der Waals surface area contributed by atoms with E-state index in [0.29, 0.717) is 5.75 Å². The Bertz CT molecular complexity index is 468. The molecule has 0 atom stereocenters. The van der Waals surface area contributed by atoms with Crippen LogP contribution in [0.25, 0.3) is 10.8 Å². The third-order valence-corrected chi connectivity index (χ3v) is 2.44. The molecule has 0 bridgehead atoms. The van der Waals surface area contributed by atoms with Crippen LogP contribution in [0.3, 0.4) is 0 Å². The summed E-state index contributed by atoms with van der Waals surface area (Å²) in [4.78, 5) is 4.35. The summed E-state index contributed by atoms with van der Waals surface area (Å²) in [5, 5.41) is 14.6. The van der Waals surface area contributed by atoms with E-state index in [1.54, 1.807) is 18.3 Å². The summed E-state index contributed by atoms with van der Waals surface area (Å²) in [6, 6.07) is 7.30. The third-order valence-electron chi connectivity index (χ3n) is 2.44. The highest BCUT2D eigenvalue weighted by Gasteiger charge is 2.02. The minimum absolute atomic E-state index is 0.299. The second-order valence-electron chi connectivity index (χ2n) is 3.52. The molecule has 0 saturated carbocycles. The molecule has 3 heteroatoms. The highest BCUT2D eigenvalue weighted by Crippen LogP contribution is 2.21. The number of nitrogens with zero attached hydrogens (tertiary/aromatic N) is 1. The smallest absolute Gasteiger partial charge is 0.116 e. The molecule has 0 saturated heterocycles. The lowest BCUT2D eigenvalue weighted by Gasteiger charge is -2.05. The van der Waals surface area contributed by atoms with Gasteiger partial charge < -0.3 is 10.4 Å². The molecule has 2 rings (SSSR count). The Hall–Kier alpha value is -1.61. The van der Waals surface area contributed by atoms with Gasteiger partial charge in [0, 0.05) is 30.2 Å². The van der Waals surface area contributed by atoms with Crippen LogP contribution >= 0.6 is 0 Å². The molecule has 1 heterocycles. The van der Waals surface area contributed by atoms with E-state index in [4.69, 9.17) is 0 Å². The standard InChI is InChI=1S/C12H14N2O/c1-13-6-5-12-11-3-2-10(15)8-9(11)4-7-14-12/h2-4,7-8,13,15H,5-6H2,1H3. The summed E-state index contributed by atoms with van der Waals surface area (Å²) in [6.45, 7) is 0.910. The predicted octanol–water partition coefficient (Wildman–Crippen LogP) is 1.70. The van der Waals surface area contributed by atoms with E-state index in [2.05, 4.69) is 10.3 Å². The second-order valence-corrected chi connectivity index (χ2v) is 3.52. The van der Waals surface area contributed by atoms with E-state index in [9.17, 15) is 5.11 Å². The van der Waals surface area contributed by atoms with Crippen molar-refractivity contribution in [1.82, 2.24) is 10.3 Å². The van der Waals surface area contributed by atoms with Crippen molar-refractivity contribution in [2.24, 2.45) is 0 Å². The van der Waals surface area contributed by atoms with Crippen molar-refractivity contribution < 1.29 is 5.11 Å². The summed E-state index contributed by atoms with van der Waals surface area (Å²) in [6.07, 6.45) is 2.69. The van der Waals surface area contributed by atoms with Gasteiger partial charge in [-0.25, -0.2) is 0 Å². The summed E-state index contributed by atoms with van der Waals surface area (Å²) in [5.41, 5.74) is 1.07.